The number of fused-ring (bicyclic) bond motifs is 10. The normalized spacial score (nSPS) is 23.6. The van der Waals surface area contributed by atoms with E-state index < -0.39 is 123 Å². The third-order valence-corrected chi connectivity index (χ3v) is 33.3. The number of ketones is 4. The summed E-state index contributed by atoms with van der Waals surface area (Å²) in [5.74, 6) is -9.61. The molecule has 1 amide bonds. The third-order valence-electron chi connectivity index (χ3n) is 28.8. The highest BCUT2D eigenvalue weighted by Crippen LogP contribution is 2.65. The number of likely N-dealkylation sites (N-methyl/N-ethyl adjacent to an activating group) is 1. The van der Waals surface area contributed by atoms with Gasteiger partial charge in [-0.2, -0.15) is 0 Å². The number of aromatic hydroxyl groups is 1. The van der Waals surface area contributed by atoms with Gasteiger partial charge in [0.05, 0.1) is 23.2 Å². The number of nitrogens with two attached hydrogens (primary N) is 1. The number of Topliss-reactive ketones (excluding diaryl/α,β-unsaturated/α-hetero) is 4. The van der Waals surface area contributed by atoms with Gasteiger partial charge in [-0.25, -0.2) is 18.0 Å². The average molecular weight is 1810 g/mol. The summed E-state index contributed by atoms with van der Waals surface area (Å²) in [7, 11) is 3.82. The zero-order valence-corrected chi connectivity index (χ0v) is 79.6. The molecule has 0 saturated heterocycles. The van der Waals surface area contributed by atoms with Gasteiger partial charge in [0.15, 0.2) is 31.1 Å². The summed E-state index contributed by atoms with van der Waals surface area (Å²) < 4.78 is 87.0. The molecule has 3 aliphatic heterocycles. The third kappa shape index (κ3) is 16.1. The number of amides is 1. The van der Waals surface area contributed by atoms with Gasteiger partial charge in [-0.15, -0.1) is 0 Å². The number of para-hydroxylation sites is 1. The summed E-state index contributed by atoms with van der Waals surface area (Å²) >= 11 is 0. The number of phenolic OH excluding ortho intramolecular Hbond substituents is 1. The maximum atomic E-state index is 17.4. The molecule has 8 atom stereocenters. The largest absolute Gasteiger partial charge is 0.508 e. The van der Waals surface area contributed by atoms with E-state index in [4.69, 9.17) is 33.6 Å². The van der Waals surface area contributed by atoms with Crippen molar-refractivity contribution < 1.29 is 95.4 Å². The van der Waals surface area contributed by atoms with Crippen LogP contribution in [0, 0.1) is 47.0 Å². The molecule has 131 heavy (non-hydrogen) atoms. The van der Waals surface area contributed by atoms with Crippen LogP contribution in [0.25, 0.3) is 11.5 Å². The number of esters is 1. The number of hydrogen-bond acceptors (Lipinski definition) is 23. The van der Waals surface area contributed by atoms with E-state index in [2.05, 4.69) is 77.3 Å². The van der Waals surface area contributed by atoms with Gasteiger partial charge >= 0.3 is 5.97 Å². The second kappa shape index (κ2) is 33.9. The van der Waals surface area contributed by atoms with Crippen molar-refractivity contribution in [2.24, 2.45) is 28.4 Å². The lowest BCUT2D eigenvalue weighted by atomic mass is 9.52. The lowest BCUT2D eigenvalue weighted by molar-refractivity contribution is -0.156. The highest BCUT2D eigenvalue weighted by molar-refractivity contribution is 6.74. The van der Waals surface area contributed by atoms with Crippen molar-refractivity contribution in [3.8, 4) is 28.9 Å². The summed E-state index contributed by atoms with van der Waals surface area (Å²) in [4.78, 5) is 94.3. The van der Waals surface area contributed by atoms with Crippen LogP contribution in [0.3, 0.4) is 0 Å². The standard InChI is InChI=1S/C48H58FN3O7Si.C28H34FN3O7.C27H28FNO3/c1-45(2,3)52-24-31-32(25-52)40(56-26-28-18-14-12-15-19-28)34-30(37(31)49)22-47(7)23-33-38(51(8)9)41-35(44(50-58-41)57-27-29-20-16-13-17-21-29)42(54)48(33,43(55)36(47)39(34)53)59-60(10,11)46(4,5)6;1-26(2,3)32-9-12-13(10-32)20(33)15-11(18(12)29)7-27(4)8-14-19(31(5)6)22(35)16(25(30)38)23(36)28(14,39)24(37)17(27)21(15)34;1-18-23(26(30)32-20-13-9-6-10-14-20)25(31-17-19-11-7-5-8-12-19)22-16-29(27(2,3)4)15-21(22)24(18)28/h12-21,33,38,53H,22-27H2,1-11H3;14,19,33-34,36,39H,7-10H2,1-6H3,(H2,30,38);5-14H,15-17H2,1-4H3/t33-,38-,47-,48+;14-,19-,27-,28+;/m00./s1. The Balaban J connectivity index is 0.000000160. The van der Waals surface area contributed by atoms with Crippen molar-refractivity contribution in [2.75, 3.05) is 28.2 Å². The number of phenols is 1. The highest BCUT2D eigenvalue weighted by atomic mass is 28.4. The van der Waals surface area contributed by atoms with Crippen LogP contribution in [0.5, 0.6) is 28.9 Å². The number of primary amides is 1. The van der Waals surface area contributed by atoms with Crippen LogP contribution < -0.4 is 24.7 Å². The maximum absolute atomic E-state index is 17.4. The fraction of sp³-hybridized carbons (Fsp3) is 0.447. The number of carbonyl (C=O) groups excluding carboxylic acids is 6. The van der Waals surface area contributed by atoms with Crippen LogP contribution in [0.4, 0.5) is 13.2 Å². The number of rotatable bonds is 16. The molecule has 0 bridgehead atoms. The molecular weight excluding hydrogens is 1690 g/mol. The van der Waals surface area contributed by atoms with E-state index in [-0.39, 0.29) is 143 Å². The Morgan fingerprint density at radius 1 is 0.534 bits per heavy atom. The highest BCUT2D eigenvalue weighted by Gasteiger charge is 2.72. The van der Waals surface area contributed by atoms with Crippen molar-refractivity contribution in [1.29, 1.82) is 0 Å². The predicted molar refractivity (Wildman–Crippen MR) is 490 cm³/mol. The lowest BCUT2D eigenvalue weighted by Crippen LogP contribution is -2.69. The first-order valence-electron chi connectivity index (χ1n) is 44.6. The second-order valence-electron chi connectivity index (χ2n) is 42.0. The van der Waals surface area contributed by atoms with Crippen molar-refractivity contribution in [2.45, 2.75) is 247 Å². The van der Waals surface area contributed by atoms with Gasteiger partial charge < -0.3 is 59.2 Å². The van der Waals surface area contributed by atoms with E-state index in [1.165, 1.54) is 19.0 Å². The molecule has 2 saturated carbocycles. The Hall–Kier alpha value is -11.1. The van der Waals surface area contributed by atoms with Crippen molar-refractivity contribution in [1.82, 2.24) is 29.7 Å². The zero-order valence-electron chi connectivity index (χ0n) is 78.6. The molecule has 17 rings (SSSR count). The van der Waals surface area contributed by atoms with Gasteiger partial charge in [0, 0.05) is 140 Å². The predicted octanol–water partition coefficient (Wildman–Crippen LogP) is 17.4. The smallest absolute Gasteiger partial charge is 0.347 e. The molecule has 24 nitrogen and oxygen atoms in total. The van der Waals surface area contributed by atoms with Crippen LogP contribution in [-0.2, 0) is 95.5 Å². The molecule has 0 spiro atoms. The van der Waals surface area contributed by atoms with Crippen molar-refractivity contribution in [3.05, 3.63) is 256 Å². The molecule has 694 valence electrons. The van der Waals surface area contributed by atoms with Gasteiger partial charge in [0.1, 0.15) is 94.2 Å². The summed E-state index contributed by atoms with van der Waals surface area (Å²) in [6.45, 7) is 36.6. The van der Waals surface area contributed by atoms with Crippen LogP contribution in [0.2, 0.25) is 18.1 Å². The molecule has 8 aromatic rings. The molecule has 4 heterocycles. The average Bonchev–Trinajstić information content (AvgIpc) is 0.780. The summed E-state index contributed by atoms with van der Waals surface area (Å²) in [5, 5.41) is 62.3. The topological polar surface area (TPSA) is 318 Å². The summed E-state index contributed by atoms with van der Waals surface area (Å²) in [6, 6.07) is 35.9. The number of benzene rings is 7. The van der Waals surface area contributed by atoms with Crippen molar-refractivity contribution >= 4 is 54.8 Å². The number of carbonyl (C=O) groups is 6. The molecule has 7 aromatic carbocycles. The van der Waals surface area contributed by atoms with E-state index in [1.807, 2.05) is 162 Å². The number of hydrogen-bond donors (Lipinski definition) is 6. The Labute approximate surface area is 764 Å². The molecule has 0 radical (unpaired) electrons. The lowest BCUT2D eigenvalue weighted by Gasteiger charge is -2.57. The molecular formula is C103H120F3N7O17Si. The van der Waals surface area contributed by atoms with Gasteiger partial charge in [-0.05, 0) is 175 Å². The fourth-order valence-electron chi connectivity index (χ4n) is 20.7. The minimum atomic E-state index is -2.98. The molecule has 28 heteroatoms. The van der Waals surface area contributed by atoms with Crippen molar-refractivity contribution in [3.63, 3.8) is 0 Å². The SMILES string of the molecule is CN(C)[C@@H]1C(=O)C(C(N)=O)=C(O)[C@@]2(O)C(=O)C3=C(O)c4c(O)c5c(c(F)c4C[C@@]3(C)C[C@@H]12)CN(C(C)(C)C)C5.CN(C)[C@@H]1c2onc(OCc3ccccc3)c2C(=O)[C@@]2(O[Si](C)(C)C(C)(C)C)C(=O)C3=C(O)c4c(c(F)c5c(c4OCc4ccccc4)CN(C(C)(C)C)C5)C[C@@]3(C)C[C@@H]12.Cc1c(F)c2c(c(OCc3ccccc3)c1C(=O)Oc1ccccc1)CN(C(C)(C)C)C2. The van der Waals surface area contributed by atoms with E-state index >= 15 is 22.8 Å². The van der Waals surface area contributed by atoms with E-state index in [0.717, 1.165) is 22.3 Å². The molecule has 7 N–H and O–H groups in total. The Morgan fingerprint density at radius 2 is 0.947 bits per heavy atom. The van der Waals surface area contributed by atoms with E-state index in [0.29, 0.717) is 82.6 Å². The van der Waals surface area contributed by atoms with E-state index in [9.17, 15) is 44.7 Å². The Kier molecular flexibility index (Phi) is 24.5. The molecule has 1 aromatic heterocycles. The maximum Gasteiger partial charge on any atom is 0.347 e. The monoisotopic (exact) mass is 1810 g/mol. The minimum Gasteiger partial charge on any atom is -0.508 e. The zero-order chi connectivity index (χ0) is 95.3. The Morgan fingerprint density at radius 3 is 1.42 bits per heavy atom. The van der Waals surface area contributed by atoms with Crippen LogP contribution >= 0.6 is 0 Å². The molecule has 6 aliphatic carbocycles. The molecule has 2 fully saturated rings. The molecule has 9 aliphatic rings. The number of nitrogens with zero attached hydrogens (tertiary/aromatic N) is 6. The summed E-state index contributed by atoms with van der Waals surface area (Å²) in [5.41, 5.74) is 2.88. The van der Waals surface area contributed by atoms with Crippen LogP contribution in [0.15, 0.2) is 148 Å². The number of ether oxygens (including phenoxy) is 4. The van der Waals surface area contributed by atoms with Crippen LogP contribution in [0.1, 0.15) is 220 Å². The van der Waals surface area contributed by atoms with Crippen LogP contribution in [-0.4, -0.2) is 161 Å². The second-order valence-corrected chi connectivity index (χ2v) is 46.7. The number of aromatic nitrogens is 1. The number of aliphatic hydroxyl groups excluding tert-OH is 3. The molecule has 0 unspecified atom stereocenters. The minimum absolute atomic E-state index is 0.0201. The number of aliphatic hydroxyl groups is 4. The first-order valence-corrected chi connectivity index (χ1v) is 47.5. The van der Waals surface area contributed by atoms with Gasteiger partial charge in [-0.3, -0.25) is 48.5 Å². The first kappa shape index (κ1) is 94.6. The van der Waals surface area contributed by atoms with Gasteiger partial charge in [0.2, 0.25) is 17.3 Å². The van der Waals surface area contributed by atoms with Gasteiger partial charge in [-0.1, -0.05) is 144 Å². The fourth-order valence-corrected chi connectivity index (χ4v) is 22.1. The van der Waals surface area contributed by atoms with E-state index in [1.54, 1.807) is 38.1 Å². The summed E-state index contributed by atoms with van der Waals surface area (Å²) in [6.07, 6.45) is 0.0688. The number of halogens is 3. The quantitative estimate of drug-likeness (QED) is 0.0172. The Bertz CT molecular complexity index is 6090. The first-order chi connectivity index (χ1) is 61.2. The van der Waals surface area contributed by atoms with Gasteiger partial charge in [0.25, 0.3) is 11.8 Å².